The van der Waals surface area contributed by atoms with Gasteiger partial charge in [-0.2, -0.15) is 0 Å². The third-order valence-electron chi connectivity index (χ3n) is 4.50. The predicted octanol–water partition coefficient (Wildman–Crippen LogP) is 1.75. The van der Waals surface area contributed by atoms with Crippen molar-refractivity contribution in [1.29, 1.82) is 0 Å². The highest BCUT2D eigenvalue weighted by molar-refractivity contribution is 5.25. The van der Waals surface area contributed by atoms with E-state index in [9.17, 15) is 5.11 Å². The summed E-state index contributed by atoms with van der Waals surface area (Å²) in [5, 5.41) is 19.4. The second-order valence-electron chi connectivity index (χ2n) is 6.70. The molecule has 0 aromatic carbocycles. The lowest BCUT2D eigenvalue weighted by molar-refractivity contribution is -0.0416. The Morgan fingerprint density at radius 3 is 2.96 bits per heavy atom. The molecule has 0 bridgehead atoms. The van der Waals surface area contributed by atoms with Crippen molar-refractivity contribution in [2.45, 2.75) is 44.9 Å². The number of methoxy groups -OCH3 is 1. The Bertz CT molecular complexity index is 687. The summed E-state index contributed by atoms with van der Waals surface area (Å²) in [6, 6.07) is 4.14. The van der Waals surface area contributed by atoms with E-state index < -0.39 is 5.60 Å². The number of piperidine rings is 1. The van der Waals surface area contributed by atoms with Crippen LogP contribution in [0.15, 0.2) is 24.5 Å². The summed E-state index contributed by atoms with van der Waals surface area (Å²) in [7, 11) is 1.63. The van der Waals surface area contributed by atoms with Crippen LogP contribution in [0.3, 0.4) is 0 Å². The van der Waals surface area contributed by atoms with Crippen LogP contribution in [0.5, 0.6) is 5.88 Å². The summed E-state index contributed by atoms with van der Waals surface area (Å²) in [6.45, 7) is 6.24. The predicted molar refractivity (Wildman–Crippen MR) is 89.6 cm³/mol. The van der Waals surface area contributed by atoms with Gasteiger partial charge in [0.25, 0.3) is 0 Å². The van der Waals surface area contributed by atoms with Crippen LogP contribution in [-0.4, -0.2) is 50.2 Å². The Labute approximate surface area is 142 Å². The van der Waals surface area contributed by atoms with Crippen molar-refractivity contribution in [3.05, 3.63) is 35.8 Å². The number of ether oxygens (including phenoxy) is 1. The maximum absolute atomic E-state index is 11.1. The molecule has 24 heavy (non-hydrogen) atoms. The summed E-state index contributed by atoms with van der Waals surface area (Å²) in [5.41, 5.74) is 0.718. The van der Waals surface area contributed by atoms with E-state index in [4.69, 9.17) is 4.74 Å². The Morgan fingerprint density at radius 1 is 1.42 bits per heavy atom. The topological polar surface area (TPSA) is 76.3 Å². The van der Waals surface area contributed by atoms with Crippen molar-refractivity contribution in [3.63, 3.8) is 0 Å². The van der Waals surface area contributed by atoms with Crippen molar-refractivity contribution in [2.75, 3.05) is 20.2 Å². The van der Waals surface area contributed by atoms with Gasteiger partial charge < -0.3 is 9.84 Å². The fraction of sp³-hybridized carbons (Fsp3) is 0.588. The lowest BCUT2D eigenvalue weighted by Crippen LogP contribution is -2.46. The van der Waals surface area contributed by atoms with E-state index in [1.54, 1.807) is 18.0 Å². The number of hydrogen-bond donors (Lipinski definition) is 1. The number of pyridine rings is 1. The molecule has 2 aromatic rings. The lowest BCUT2D eigenvalue weighted by atomic mass is 9.90. The maximum Gasteiger partial charge on any atom is 0.217 e. The van der Waals surface area contributed by atoms with Crippen LogP contribution < -0.4 is 4.74 Å². The normalized spacial score (nSPS) is 22.0. The highest BCUT2D eigenvalue weighted by Gasteiger charge is 2.37. The lowest BCUT2D eigenvalue weighted by Gasteiger charge is -2.38. The summed E-state index contributed by atoms with van der Waals surface area (Å²) < 4.78 is 7.12. The van der Waals surface area contributed by atoms with Gasteiger partial charge in [-0.25, -0.2) is 9.67 Å². The molecule has 0 amide bonds. The van der Waals surface area contributed by atoms with Gasteiger partial charge in [0.1, 0.15) is 11.3 Å². The molecule has 0 aliphatic carbocycles. The number of hydrogen-bond acceptors (Lipinski definition) is 6. The Kier molecular flexibility index (Phi) is 4.82. The van der Waals surface area contributed by atoms with Crippen LogP contribution in [0.25, 0.3) is 0 Å². The molecular weight excluding hydrogens is 306 g/mol. The Hall–Kier alpha value is -1.99. The maximum atomic E-state index is 11.1. The van der Waals surface area contributed by atoms with Crippen LogP contribution in [0.4, 0.5) is 0 Å². The van der Waals surface area contributed by atoms with E-state index in [1.807, 2.05) is 32.2 Å². The molecule has 3 heterocycles. The van der Waals surface area contributed by atoms with Gasteiger partial charge in [-0.1, -0.05) is 11.3 Å². The van der Waals surface area contributed by atoms with E-state index in [0.717, 1.165) is 18.5 Å². The number of nitrogens with zero attached hydrogens (tertiary/aromatic N) is 5. The smallest absolute Gasteiger partial charge is 0.217 e. The molecule has 3 rings (SSSR count). The van der Waals surface area contributed by atoms with E-state index in [-0.39, 0.29) is 6.04 Å². The monoisotopic (exact) mass is 331 g/mol. The second kappa shape index (κ2) is 6.86. The molecule has 7 nitrogen and oxygen atoms in total. The molecule has 0 saturated carbocycles. The third kappa shape index (κ3) is 3.42. The molecule has 1 fully saturated rings. The number of likely N-dealkylation sites (tertiary alicyclic amines) is 1. The first-order valence-corrected chi connectivity index (χ1v) is 8.37. The standard InChI is InChI=1S/C17H25N5O2/c1-13(2)22-11-15(19-20-22)17(23)7-5-9-21(12-17)10-14-6-4-8-18-16(14)24-3/h4,6,8,11,13,23H,5,7,9-10,12H2,1-3H3/t17-/m1/s1. The highest BCUT2D eigenvalue weighted by atomic mass is 16.5. The number of rotatable bonds is 5. The number of aromatic nitrogens is 4. The minimum absolute atomic E-state index is 0.231. The largest absolute Gasteiger partial charge is 0.481 e. The first kappa shape index (κ1) is 16.9. The molecular formula is C17H25N5O2. The van der Waals surface area contributed by atoms with Crippen LogP contribution in [0, 0.1) is 0 Å². The van der Waals surface area contributed by atoms with E-state index in [2.05, 4.69) is 20.2 Å². The molecule has 0 unspecified atom stereocenters. The molecule has 130 valence electrons. The molecule has 7 heteroatoms. The van der Waals surface area contributed by atoms with Gasteiger partial charge in [0, 0.05) is 30.9 Å². The minimum Gasteiger partial charge on any atom is -0.481 e. The highest BCUT2D eigenvalue weighted by Crippen LogP contribution is 2.31. The molecule has 1 saturated heterocycles. The SMILES string of the molecule is COc1ncccc1CN1CCC[C@](O)(c2cn(C(C)C)nn2)C1. The van der Waals surface area contributed by atoms with Crippen LogP contribution >= 0.6 is 0 Å². The molecule has 1 aliphatic rings. The first-order valence-electron chi connectivity index (χ1n) is 8.37. The summed E-state index contributed by atoms with van der Waals surface area (Å²) >= 11 is 0. The average Bonchev–Trinajstić information content (AvgIpc) is 3.07. The van der Waals surface area contributed by atoms with Crippen molar-refractivity contribution >= 4 is 0 Å². The fourth-order valence-electron chi connectivity index (χ4n) is 3.18. The van der Waals surface area contributed by atoms with Gasteiger partial charge in [0.2, 0.25) is 5.88 Å². The first-order chi connectivity index (χ1) is 11.5. The van der Waals surface area contributed by atoms with Crippen LogP contribution in [0.2, 0.25) is 0 Å². The average molecular weight is 331 g/mol. The van der Waals surface area contributed by atoms with Crippen molar-refractivity contribution in [1.82, 2.24) is 24.9 Å². The summed E-state index contributed by atoms with van der Waals surface area (Å²) in [4.78, 5) is 6.46. The summed E-state index contributed by atoms with van der Waals surface area (Å²) in [5.74, 6) is 0.636. The number of β-amino-alcohol motifs (C(OH)–C–C–N with tert-alkyl or cyclic N) is 1. The Morgan fingerprint density at radius 2 is 2.25 bits per heavy atom. The van der Waals surface area contributed by atoms with Gasteiger partial charge in [-0.3, -0.25) is 4.90 Å². The van der Waals surface area contributed by atoms with Crippen molar-refractivity contribution < 1.29 is 9.84 Å². The third-order valence-corrected chi connectivity index (χ3v) is 4.50. The molecule has 1 N–H and O–H groups in total. The molecule has 0 spiro atoms. The van der Waals surface area contributed by atoms with Gasteiger partial charge in [-0.15, -0.1) is 5.10 Å². The van der Waals surface area contributed by atoms with E-state index in [1.165, 1.54) is 0 Å². The Balaban J connectivity index is 1.75. The van der Waals surface area contributed by atoms with Crippen LogP contribution in [-0.2, 0) is 12.1 Å². The van der Waals surface area contributed by atoms with Gasteiger partial charge in [0.15, 0.2) is 0 Å². The van der Waals surface area contributed by atoms with Gasteiger partial charge in [-0.05, 0) is 39.3 Å². The van der Waals surface area contributed by atoms with Crippen LogP contribution in [0.1, 0.15) is 44.0 Å². The zero-order valence-corrected chi connectivity index (χ0v) is 14.5. The molecule has 1 aliphatic heterocycles. The second-order valence-corrected chi connectivity index (χ2v) is 6.70. The van der Waals surface area contributed by atoms with Crippen molar-refractivity contribution in [2.24, 2.45) is 0 Å². The quantitative estimate of drug-likeness (QED) is 0.899. The zero-order chi connectivity index (χ0) is 17.2. The van der Waals surface area contributed by atoms with Crippen molar-refractivity contribution in [3.8, 4) is 5.88 Å². The summed E-state index contributed by atoms with van der Waals surface area (Å²) in [6.07, 6.45) is 5.19. The van der Waals surface area contributed by atoms with E-state index >= 15 is 0 Å². The van der Waals surface area contributed by atoms with Gasteiger partial charge in [0.05, 0.1) is 13.3 Å². The molecule has 2 aromatic heterocycles. The van der Waals surface area contributed by atoms with E-state index in [0.29, 0.717) is 31.1 Å². The molecule has 1 atom stereocenters. The minimum atomic E-state index is -0.958. The fourth-order valence-corrected chi connectivity index (χ4v) is 3.18. The van der Waals surface area contributed by atoms with Gasteiger partial charge >= 0.3 is 0 Å². The number of aliphatic hydroxyl groups is 1. The zero-order valence-electron chi connectivity index (χ0n) is 14.5. The molecule has 0 radical (unpaired) electrons.